The molecule has 0 aliphatic rings. The quantitative estimate of drug-likeness (QED) is 0.629. The van der Waals surface area contributed by atoms with E-state index < -0.39 is 0 Å². The molecule has 0 heterocycles. The molecule has 0 unspecified atom stereocenters. The summed E-state index contributed by atoms with van der Waals surface area (Å²) in [5.74, 6) is 0. The van der Waals surface area contributed by atoms with Crippen molar-refractivity contribution in [3.05, 3.63) is 30.3 Å². The minimum Gasteiger partial charge on any atom is -0.398 e. The van der Waals surface area contributed by atoms with Gasteiger partial charge in [0.05, 0.1) is 0 Å². The Bertz CT molecular complexity index is 266. The maximum Gasteiger partial charge on any atom is 0.0388 e. The average Bonchev–Trinajstić information content (AvgIpc) is 2.05. The standard InChI is InChI=1S/C9H12N2/c1-3-7-6-8(11-2)4-5-9(7)10/h3-6,11H,1,10H2,2H3. The Morgan fingerprint density at radius 3 is 2.82 bits per heavy atom. The smallest absolute Gasteiger partial charge is 0.0388 e. The lowest BCUT2D eigenvalue weighted by Gasteiger charge is -2.03. The number of benzene rings is 1. The van der Waals surface area contributed by atoms with Gasteiger partial charge in [0.15, 0.2) is 0 Å². The molecule has 0 atom stereocenters. The molecule has 0 radical (unpaired) electrons. The number of hydrogen-bond acceptors (Lipinski definition) is 2. The molecule has 0 spiro atoms. The molecule has 1 aromatic rings. The van der Waals surface area contributed by atoms with E-state index in [1.807, 2.05) is 25.2 Å². The fraction of sp³-hybridized carbons (Fsp3) is 0.111. The van der Waals surface area contributed by atoms with Gasteiger partial charge in [0.2, 0.25) is 0 Å². The van der Waals surface area contributed by atoms with Crippen molar-refractivity contribution in [2.24, 2.45) is 0 Å². The van der Waals surface area contributed by atoms with E-state index in [4.69, 9.17) is 5.73 Å². The predicted molar refractivity (Wildman–Crippen MR) is 50.5 cm³/mol. The normalized spacial score (nSPS) is 9.18. The highest BCUT2D eigenvalue weighted by molar-refractivity contribution is 5.68. The number of rotatable bonds is 2. The fourth-order valence-electron chi connectivity index (χ4n) is 0.907. The molecule has 0 aromatic heterocycles. The first kappa shape index (κ1) is 7.66. The molecule has 1 rings (SSSR count). The van der Waals surface area contributed by atoms with E-state index in [9.17, 15) is 0 Å². The summed E-state index contributed by atoms with van der Waals surface area (Å²) in [6, 6.07) is 5.76. The van der Waals surface area contributed by atoms with Crippen molar-refractivity contribution in [1.82, 2.24) is 0 Å². The van der Waals surface area contributed by atoms with Crippen molar-refractivity contribution in [2.75, 3.05) is 18.1 Å². The summed E-state index contributed by atoms with van der Waals surface area (Å²) in [7, 11) is 1.87. The molecular weight excluding hydrogens is 136 g/mol. The zero-order valence-corrected chi connectivity index (χ0v) is 6.59. The van der Waals surface area contributed by atoms with Gasteiger partial charge >= 0.3 is 0 Å². The van der Waals surface area contributed by atoms with E-state index in [-0.39, 0.29) is 0 Å². The molecule has 11 heavy (non-hydrogen) atoms. The molecular formula is C9H12N2. The fourth-order valence-corrected chi connectivity index (χ4v) is 0.907. The summed E-state index contributed by atoms with van der Waals surface area (Å²) < 4.78 is 0. The number of anilines is 2. The first-order chi connectivity index (χ1) is 5.27. The molecule has 0 saturated heterocycles. The Hall–Kier alpha value is -1.44. The summed E-state index contributed by atoms with van der Waals surface area (Å²) >= 11 is 0. The monoisotopic (exact) mass is 148 g/mol. The molecule has 0 bridgehead atoms. The summed E-state index contributed by atoms with van der Waals surface area (Å²) in [5.41, 5.74) is 8.44. The second kappa shape index (κ2) is 3.10. The zero-order valence-electron chi connectivity index (χ0n) is 6.59. The summed E-state index contributed by atoms with van der Waals surface area (Å²) in [4.78, 5) is 0. The molecule has 0 fully saturated rings. The highest BCUT2D eigenvalue weighted by atomic mass is 14.8. The highest BCUT2D eigenvalue weighted by Gasteiger charge is 1.94. The van der Waals surface area contributed by atoms with Gasteiger partial charge in [0.1, 0.15) is 0 Å². The summed E-state index contributed by atoms with van der Waals surface area (Å²) in [6.07, 6.45) is 1.75. The van der Waals surface area contributed by atoms with Gasteiger partial charge in [-0.1, -0.05) is 12.7 Å². The lowest BCUT2D eigenvalue weighted by molar-refractivity contribution is 1.50. The minimum atomic E-state index is 0.763. The van der Waals surface area contributed by atoms with E-state index in [2.05, 4.69) is 11.9 Å². The highest BCUT2D eigenvalue weighted by Crippen LogP contribution is 2.17. The molecule has 0 amide bonds. The van der Waals surface area contributed by atoms with Crippen molar-refractivity contribution in [1.29, 1.82) is 0 Å². The topological polar surface area (TPSA) is 38.0 Å². The van der Waals surface area contributed by atoms with E-state index >= 15 is 0 Å². The number of nitrogen functional groups attached to an aromatic ring is 1. The van der Waals surface area contributed by atoms with Crippen LogP contribution in [0, 0.1) is 0 Å². The van der Waals surface area contributed by atoms with Crippen LogP contribution in [0.25, 0.3) is 6.08 Å². The van der Waals surface area contributed by atoms with Crippen LogP contribution >= 0.6 is 0 Å². The minimum absolute atomic E-state index is 0.763. The maximum atomic E-state index is 5.66. The van der Waals surface area contributed by atoms with E-state index in [1.165, 1.54) is 0 Å². The van der Waals surface area contributed by atoms with Gasteiger partial charge in [-0.25, -0.2) is 0 Å². The van der Waals surface area contributed by atoms with Gasteiger partial charge < -0.3 is 11.1 Å². The Labute approximate surface area is 66.7 Å². The SMILES string of the molecule is C=Cc1cc(NC)ccc1N. The Morgan fingerprint density at radius 1 is 1.55 bits per heavy atom. The van der Waals surface area contributed by atoms with Crippen LogP contribution in [-0.2, 0) is 0 Å². The molecule has 0 saturated carbocycles. The first-order valence-electron chi connectivity index (χ1n) is 3.47. The molecule has 2 nitrogen and oxygen atoms in total. The largest absolute Gasteiger partial charge is 0.398 e. The van der Waals surface area contributed by atoms with Gasteiger partial charge in [0, 0.05) is 18.4 Å². The van der Waals surface area contributed by atoms with Crippen molar-refractivity contribution >= 4 is 17.5 Å². The molecule has 3 N–H and O–H groups in total. The third-order valence-corrected chi connectivity index (χ3v) is 1.60. The lowest BCUT2D eigenvalue weighted by atomic mass is 10.1. The van der Waals surface area contributed by atoms with Crippen LogP contribution < -0.4 is 11.1 Å². The maximum absolute atomic E-state index is 5.66. The molecule has 0 aliphatic heterocycles. The zero-order chi connectivity index (χ0) is 8.27. The van der Waals surface area contributed by atoms with Gasteiger partial charge in [0.25, 0.3) is 0 Å². The second-order valence-electron chi connectivity index (χ2n) is 2.30. The number of nitrogens with one attached hydrogen (secondary N) is 1. The third kappa shape index (κ3) is 1.52. The summed E-state index contributed by atoms with van der Waals surface area (Å²) in [6.45, 7) is 3.66. The lowest BCUT2D eigenvalue weighted by Crippen LogP contribution is -1.92. The molecule has 58 valence electrons. The van der Waals surface area contributed by atoms with E-state index in [1.54, 1.807) is 6.08 Å². The first-order valence-corrected chi connectivity index (χ1v) is 3.47. The van der Waals surface area contributed by atoms with Gasteiger partial charge in [-0.05, 0) is 23.8 Å². The van der Waals surface area contributed by atoms with Crippen LogP contribution in [0.2, 0.25) is 0 Å². The van der Waals surface area contributed by atoms with Crippen molar-refractivity contribution in [3.63, 3.8) is 0 Å². The molecule has 1 aromatic carbocycles. The Balaban J connectivity index is 3.12. The average molecular weight is 148 g/mol. The Kier molecular flexibility index (Phi) is 2.16. The van der Waals surface area contributed by atoms with Gasteiger partial charge in [-0.15, -0.1) is 0 Å². The summed E-state index contributed by atoms with van der Waals surface area (Å²) in [5, 5.41) is 3.03. The Morgan fingerprint density at radius 2 is 2.27 bits per heavy atom. The van der Waals surface area contributed by atoms with Crippen LogP contribution in [0.1, 0.15) is 5.56 Å². The van der Waals surface area contributed by atoms with Crippen molar-refractivity contribution in [2.45, 2.75) is 0 Å². The predicted octanol–water partition coefficient (Wildman–Crippen LogP) is 1.95. The van der Waals surface area contributed by atoms with Crippen molar-refractivity contribution < 1.29 is 0 Å². The van der Waals surface area contributed by atoms with Crippen LogP contribution in [0.3, 0.4) is 0 Å². The number of hydrogen-bond donors (Lipinski definition) is 2. The third-order valence-electron chi connectivity index (χ3n) is 1.60. The van der Waals surface area contributed by atoms with Crippen LogP contribution in [0.5, 0.6) is 0 Å². The van der Waals surface area contributed by atoms with E-state index in [0.717, 1.165) is 16.9 Å². The van der Waals surface area contributed by atoms with Crippen LogP contribution in [-0.4, -0.2) is 7.05 Å². The van der Waals surface area contributed by atoms with Crippen molar-refractivity contribution in [3.8, 4) is 0 Å². The van der Waals surface area contributed by atoms with Gasteiger partial charge in [-0.2, -0.15) is 0 Å². The molecule has 0 aliphatic carbocycles. The number of nitrogens with two attached hydrogens (primary N) is 1. The van der Waals surface area contributed by atoms with Gasteiger partial charge in [-0.3, -0.25) is 0 Å². The van der Waals surface area contributed by atoms with E-state index in [0.29, 0.717) is 0 Å². The second-order valence-corrected chi connectivity index (χ2v) is 2.30. The molecule has 2 heteroatoms. The van der Waals surface area contributed by atoms with Crippen LogP contribution in [0.4, 0.5) is 11.4 Å². The van der Waals surface area contributed by atoms with Crippen LogP contribution in [0.15, 0.2) is 24.8 Å².